The predicted octanol–water partition coefficient (Wildman–Crippen LogP) is 1.58. The number of carbonyl (C=O) groups excluding carboxylic acids is 1. The van der Waals surface area contributed by atoms with Gasteiger partial charge >= 0.3 is 0 Å². The van der Waals surface area contributed by atoms with E-state index in [1.807, 2.05) is 18.2 Å². The third-order valence-electron chi connectivity index (χ3n) is 2.77. The van der Waals surface area contributed by atoms with Crippen molar-refractivity contribution in [3.63, 3.8) is 0 Å². The van der Waals surface area contributed by atoms with Gasteiger partial charge in [0.15, 0.2) is 5.11 Å². The summed E-state index contributed by atoms with van der Waals surface area (Å²) >= 11 is 5.09. The summed E-state index contributed by atoms with van der Waals surface area (Å²) in [5.41, 5.74) is 0.580. The van der Waals surface area contributed by atoms with Gasteiger partial charge in [-0.3, -0.25) is 15.1 Å². The maximum absolute atomic E-state index is 11.9. The third kappa shape index (κ3) is 5.45. The summed E-state index contributed by atoms with van der Waals surface area (Å²) < 4.78 is 0. The molecule has 0 atom stereocenters. The van der Waals surface area contributed by atoms with Crippen LogP contribution in [0.25, 0.3) is 0 Å². The molecule has 0 saturated carbocycles. The van der Waals surface area contributed by atoms with Crippen molar-refractivity contribution in [3.05, 3.63) is 54.5 Å². The highest BCUT2D eigenvalue weighted by Crippen LogP contribution is 1.98. The fraction of sp³-hybridized carbons (Fsp3) is 0.200. The van der Waals surface area contributed by atoms with Crippen LogP contribution in [0.4, 0.5) is 5.82 Å². The number of thiocarbonyl (C=S) groups is 1. The van der Waals surface area contributed by atoms with Gasteiger partial charge in [0.25, 0.3) is 5.91 Å². The average Bonchev–Trinajstić information content (AvgIpc) is 2.56. The molecule has 2 aromatic rings. The first-order valence-electron chi connectivity index (χ1n) is 6.90. The van der Waals surface area contributed by atoms with Crippen LogP contribution in [0, 0.1) is 0 Å². The first-order chi connectivity index (χ1) is 10.8. The Hall–Kier alpha value is -2.54. The number of carbonyl (C=O) groups is 1. The second-order valence-corrected chi connectivity index (χ2v) is 4.86. The SMILES string of the molecule is O=C(NC(=S)NCCCNc1cnccn1)c1ccccc1. The number of hydrogen-bond donors (Lipinski definition) is 3. The lowest BCUT2D eigenvalue weighted by Crippen LogP contribution is -2.39. The number of rotatable bonds is 6. The molecule has 0 radical (unpaired) electrons. The molecule has 7 heteroatoms. The standard InChI is InChI=1S/C15H17N5OS/c21-14(12-5-2-1-3-6-12)20-15(22)19-8-4-7-17-13-11-16-9-10-18-13/h1-3,5-6,9-11H,4,7-8H2,(H,17,18)(H2,19,20,21,22). The lowest BCUT2D eigenvalue weighted by atomic mass is 10.2. The Balaban J connectivity index is 1.61. The van der Waals surface area contributed by atoms with Crippen LogP contribution in [0.15, 0.2) is 48.9 Å². The molecule has 2 rings (SSSR count). The van der Waals surface area contributed by atoms with Crippen molar-refractivity contribution < 1.29 is 4.79 Å². The van der Waals surface area contributed by atoms with E-state index in [1.165, 1.54) is 0 Å². The highest BCUT2D eigenvalue weighted by atomic mass is 32.1. The van der Waals surface area contributed by atoms with E-state index in [0.29, 0.717) is 17.2 Å². The molecule has 0 unspecified atom stereocenters. The Bertz CT molecular complexity index is 606. The summed E-state index contributed by atoms with van der Waals surface area (Å²) in [6.45, 7) is 1.39. The van der Waals surface area contributed by atoms with Crippen LogP contribution in [-0.2, 0) is 0 Å². The van der Waals surface area contributed by atoms with Gasteiger partial charge in [0, 0.05) is 31.0 Å². The number of nitrogens with zero attached hydrogens (tertiary/aromatic N) is 2. The van der Waals surface area contributed by atoms with Gasteiger partial charge in [0.1, 0.15) is 5.82 Å². The molecule has 0 aliphatic carbocycles. The van der Waals surface area contributed by atoms with E-state index in [-0.39, 0.29) is 5.91 Å². The molecule has 0 spiro atoms. The Kier molecular flexibility index (Phi) is 6.25. The van der Waals surface area contributed by atoms with E-state index in [2.05, 4.69) is 25.9 Å². The predicted molar refractivity (Wildman–Crippen MR) is 89.6 cm³/mol. The largest absolute Gasteiger partial charge is 0.369 e. The van der Waals surface area contributed by atoms with Crippen LogP contribution < -0.4 is 16.0 Å². The Morgan fingerprint density at radius 2 is 1.95 bits per heavy atom. The van der Waals surface area contributed by atoms with Crippen molar-refractivity contribution in [2.45, 2.75) is 6.42 Å². The molecule has 1 aromatic heterocycles. The number of hydrogen-bond acceptors (Lipinski definition) is 5. The van der Waals surface area contributed by atoms with Crippen LogP contribution in [0.3, 0.4) is 0 Å². The molecule has 3 N–H and O–H groups in total. The van der Waals surface area contributed by atoms with Crippen molar-refractivity contribution in [3.8, 4) is 0 Å². The van der Waals surface area contributed by atoms with Crippen molar-refractivity contribution in [2.75, 3.05) is 18.4 Å². The highest BCUT2D eigenvalue weighted by Gasteiger charge is 2.06. The van der Waals surface area contributed by atoms with E-state index in [1.54, 1.807) is 30.7 Å². The van der Waals surface area contributed by atoms with Crippen LogP contribution in [-0.4, -0.2) is 34.1 Å². The monoisotopic (exact) mass is 315 g/mol. The topological polar surface area (TPSA) is 78.9 Å². The summed E-state index contributed by atoms with van der Waals surface area (Å²) in [4.78, 5) is 19.9. The van der Waals surface area contributed by atoms with Crippen LogP contribution in [0.2, 0.25) is 0 Å². The highest BCUT2D eigenvalue weighted by molar-refractivity contribution is 7.80. The fourth-order valence-corrected chi connectivity index (χ4v) is 1.90. The Morgan fingerprint density at radius 1 is 1.14 bits per heavy atom. The number of benzene rings is 1. The van der Waals surface area contributed by atoms with E-state index >= 15 is 0 Å². The molecule has 0 aliphatic rings. The first kappa shape index (κ1) is 15.8. The first-order valence-corrected chi connectivity index (χ1v) is 7.30. The van der Waals surface area contributed by atoms with Gasteiger partial charge in [0.2, 0.25) is 0 Å². The zero-order valence-electron chi connectivity index (χ0n) is 12.0. The minimum atomic E-state index is -0.212. The molecule has 0 aliphatic heterocycles. The van der Waals surface area contributed by atoms with Crippen molar-refractivity contribution in [1.29, 1.82) is 0 Å². The molecule has 6 nitrogen and oxygen atoms in total. The summed E-state index contributed by atoms with van der Waals surface area (Å²) in [5, 5.41) is 9.10. The minimum Gasteiger partial charge on any atom is -0.369 e. The maximum Gasteiger partial charge on any atom is 0.257 e. The molecule has 0 fully saturated rings. The van der Waals surface area contributed by atoms with Gasteiger partial charge < -0.3 is 10.6 Å². The van der Waals surface area contributed by atoms with Gasteiger partial charge in [-0.1, -0.05) is 18.2 Å². The molecule has 22 heavy (non-hydrogen) atoms. The number of anilines is 1. The Labute approximate surface area is 134 Å². The lowest BCUT2D eigenvalue weighted by Gasteiger charge is -2.10. The Morgan fingerprint density at radius 3 is 2.68 bits per heavy atom. The molecular formula is C15H17N5OS. The van der Waals surface area contributed by atoms with Gasteiger partial charge in [-0.25, -0.2) is 4.98 Å². The van der Waals surface area contributed by atoms with Crippen molar-refractivity contribution in [1.82, 2.24) is 20.6 Å². The van der Waals surface area contributed by atoms with Gasteiger partial charge in [0.05, 0.1) is 6.20 Å². The number of amides is 1. The summed E-state index contributed by atoms with van der Waals surface area (Å²) in [6, 6.07) is 8.95. The van der Waals surface area contributed by atoms with Gasteiger partial charge in [-0.15, -0.1) is 0 Å². The smallest absolute Gasteiger partial charge is 0.257 e. The van der Waals surface area contributed by atoms with Gasteiger partial charge in [-0.05, 0) is 30.8 Å². The summed E-state index contributed by atoms with van der Waals surface area (Å²) in [5.74, 6) is 0.526. The van der Waals surface area contributed by atoms with Crippen LogP contribution in [0.1, 0.15) is 16.8 Å². The maximum atomic E-state index is 11.9. The fourth-order valence-electron chi connectivity index (χ4n) is 1.71. The second kappa shape index (κ2) is 8.68. The molecular weight excluding hydrogens is 298 g/mol. The summed E-state index contributed by atoms with van der Waals surface area (Å²) in [7, 11) is 0. The van der Waals surface area contributed by atoms with E-state index in [9.17, 15) is 4.79 Å². The molecule has 0 bridgehead atoms. The molecule has 114 valence electrons. The van der Waals surface area contributed by atoms with E-state index < -0.39 is 0 Å². The average molecular weight is 315 g/mol. The van der Waals surface area contributed by atoms with Crippen molar-refractivity contribution >= 4 is 29.1 Å². The van der Waals surface area contributed by atoms with Crippen LogP contribution in [0.5, 0.6) is 0 Å². The second-order valence-electron chi connectivity index (χ2n) is 4.45. The minimum absolute atomic E-state index is 0.212. The molecule has 1 amide bonds. The number of nitrogens with one attached hydrogen (secondary N) is 3. The lowest BCUT2D eigenvalue weighted by molar-refractivity contribution is 0.0976. The molecule has 1 aromatic carbocycles. The zero-order valence-corrected chi connectivity index (χ0v) is 12.8. The van der Waals surface area contributed by atoms with Gasteiger partial charge in [-0.2, -0.15) is 0 Å². The van der Waals surface area contributed by atoms with E-state index in [4.69, 9.17) is 12.2 Å². The molecule has 0 saturated heterocycles. The van der Waals surface area contributed by atoms with E-state index in [0.717, 1.165) is 18.8 Å². The quantitative estimate of drug-likeness (QED) is 0.555. The summed E-state index contributed by atoms with van der Waals surface area (Å²) in [6.07, 6.45) is 5.76. The zero-order chi connectivity index (χ0) is 15.6. The molecule has 1 heterocycles. The normalized spacial score (nSPS) is 9.82. The van der Waals surface area contributed by atoms with Crippen LogP contribution >= 0.6 is 12.2 Å². The third-order valence-corrected chi connectivity index (χ3v) is 3.02. The number of aromatic nitrogens is 2. The van der Waals surface area contributed by atoms with Crippen molar-refractivity contribution in [2.24, 2.45) is 0 Å².